The SMILES string of the molecule is CCNCc1coc(-c2ccc(C)c(Cl)c2)n1. The Labute approximate surface area is 106 Å². The van der Waals surface area contributed by atoms with E-state index in [1.807, 2.05) is 25.1 Å². The maximum atomic E-state index is 6.07. The number of halogens is 1. The molecule has 0 aliphatic heterocycles. The lowest BCUT2D eigenvalue weighted by atomic mass is 10.1. The van der Waals surface area contributed by atoms with E-state index in [-0.39, 0.29) is 0 Å². The summed E-state index contributed by atoms with van der Waals surface area (Å²) >= 11 is 6.07. The zero-order chi connectivity index (χ0) is 12.3. The molecule has 1 N–H and O–H groups in total. The smallest absolute Gasteiger partial charge is 0.226 e. The van der Waals surface area contributed by atoms with Crippen molar-refractivity contribution in [2.75, 3.05) is 6.54 Å². The van der Waals surface area contributed by atoms with Crippen molar-refractivity contribution in [2.24, 2.45) is 0 Å². The minimum absolute atomic E-state index is 0.611. The maximum Gasteiger partial charge on any atom is 0.226 e. The Morgan fingerprint density at radius 2 is 2.24 bits per heavy atom. The minimum Gasteiger partial charge on any atom is -0.444 e. The van der Waals surface area contributed by atoms with Gasteiger partial charge < -0.3 is 9.73 Å². The fraction of sp³-hybridized carbons (Fsp3) is 0.308. The molecule has 1 heterocycles. The summed E-state index contributed by atoms with van der Waals surface area (Å²) in [6.07, 6.45) is 1.67. The van der Waals surface area contributed by atoms with Gasteiger partial charge in [0.05, 0.1) is 5.69 Å². The standard InChI is InChI=1S/C13H15ClN2O/c1-3-15-7-11-8-17-13(16-11)10-5-4-9(2)12(14)6-10/h4-6,8,15H,3,7H2,1-2H3. The van der Waals surface area contributed by atoms with Crippen molar-refractivity contribution < 1.29 is 4.42 Å². The molecule has 0 atom stereocenters. The van der Waals surface area contributed by atoms with Crippen molar-refractivity contribution in [3.8, 4) is 11.5 Å². The quantitative estimate of drug-likeness (QED) is 0.904. The van der Waals surface area contributed by atoms with E-state index in [4.69, 9.17) is 16.0 Å². The number of benzene rings is 1. The zero-order valence-corrected chi connectivity index (χ0v) is 10.7. The fourth-order valence-corrected chi connectivity index (χ4v) is 1.68. The van der Waals surface area contributed by atoms with E-state index in [9.17, 15) is 0 Å². The van der Waals surface area contributed by atoms with Gasteiger partial charge in [0.2, 0.25) is 5.89 Å². The van der Waals surface area contributed by atoms with Crippen LogP contribution in [0.5, 0.6) is 0 Å². The molecule has 2 aromatic rings. The van der Waals surface area contributed by atoms with Crippen molar-refractivity contribution in [1.29, 1.82) is 0 Å². The number of aromatic nitrogens is 1. The van der Waals surface area contributed by atoms with E-state index in [0.717, 1.165) is 34.9 Å². The molecule has 0 aliphatic rings. The third kappa shape index (κ3) is 2.87. The molecule has 0 aliphatic carbocycles. The molecule has 0 fully saturated rings. The largest absolute Gasteiger partial charge is 0.444 e. The highest BCUT2D eigenvalue weighted by Crippen LogP contribution is 2.24. The topological polar surface area (TPSA) is 38.1 Å². The van der Waals surface area contributed by atoms with Crippen molar-refractivity contribution >= 4 is 11.6 Å². The van der Waals surface area contributed by atoms with Gasteiger partial charge in [-0.3, -0.25) is 0 Å². The Morgan fingerprint density at radius 1 is 1.41 bits per heavy atom. The minimum atomic E-state index is 0.611. The second-order valence-corrected chi connectivity index (χ2v) is 4.30. The van der Waals surface area contributed by atoms with Crippen molar-refractivity contribution in [3.63, 3.8) is 0 Å². The number of rotatable bonds is 4. The molecule has 0 saturated heterocycles. The van der Waals surface area contributed by atoms with Gasteiger partial charge in [0.25, 0.3) is 0 Å². The number of nitrogens with one attached hydrogen (secondary N) is 1. The highest BCUT2D eigenvalue weighted by molar-refractivity contribution is 6.31. The van der Waals surface area contributed by atoms with Crippen LogP contribution in [-0.4, -0.2) is 11.5 Å². The molecule has 2 rings (SSSR count). The van der Waals surface area contributed by atoms with Crippen molar-refractivity contribution in [2.45, 2.75) is 20.4 Å². The molecule has 0 unspecified atom stereocenters. The molecule has 1 aromatic heterocycles. The lowest BCUT2D eigenvalue weighted by Gasteiger charge is -1.99. The summed E-state index contributed by atoms with van der Waals surface area (Å²) in [6.45, 7) is 5.66. The fourth-order valence-electron chi connectivity index (χ4n) is 1.50. The van der Waals surface area contributed by atoms with Crippen LogP contribution in [0.3, 0.4) is 0 Å². The summed E-state index contributed by atoms with van der Waals surface area (Å²) < 4.78 is 5.43. The molecule has 0 amide bonds. The lowest BCUT2D eigenvalue weighted by molar-refractivity contribution is 0.570. The van der Waals surface area contributed by atoms with Crippen LogP contribution in [-0.2, 0) is 6.54 Å². The van der Waals surface area contributed by atoms with E-state index < -0.39 is 0 Å². The predicted octanol–water partition coefficient (Wildman–Crippen LogP) is 3.41. The van der Waals surface area contributed by atoms with Gasteiger partial charge in [-0.1, -0.05) is 24.6 Å². The summed E-state index contributed by atoms with van der Waals surface area (Å²) in [6, 6.07) is 5.80. The summed E-state index contributed by atoms with van der Waals surface area (Å²) in [4.78, 5) is 4.40. The van der Waals surface area contributed by atoms with Gasteiger partial charge in [0.15, 0.2) is 0 Å². The van der Waals surface area contributed by atoms with E-state index in [0.29, 0.717) is 5.89 Å². The molecule has 17 heavy (non-hydrogen) atoms. The second-order valence-electron chi connectivity index (χ2n) is 3.89. The molecule has 90 valence electrons. The van der Waals surface area contributed by atoms with Crippen LogP contribution in [0.4, 0.5) is 0 Å². The van der Waals surface area contributed by atoms with Crippen LogP contribution in [0.2, 0.25) is 5.02 Å². The van der Waals surface area contributed by atoms with Gasteiger partial charge in [0, 0.05) is 17.1 Å². The first-order valence-electron chi connectivity index (χ1n) is 5.62. The van der Waals surface area contributed by atoms with E-state index in [2.05, 4.69) is 17.2 Å². The van der Waals surface area contributed by atoms with Crippen LogP contribution >= 0.6 is 11.6 Å². The summed E-state index contributed by atoms with van der Waals surface area (Å²) in [5.41, 5.74) is 2.86. The van der Waals surface area contributed by atoms with Gasteiger partial charge in [-0.2, -0.15) is 0 Å². The first-order valence-corrected chi connectivity index (χ1v) is 6.00. The lowest BCUT2D eigenvalue weighted by Crippen LogP contribution is -2.11. The molecular weight excluding hydrogens is 236 g/mol. The number of hydrogen-bond donors (Lipinski definition) is 1. The van der Waals surface area contributed by atoms with Crippen LogP contribution in [0.1, 0.15) is 18.2 Å². The van der Waals surface area contributed by atoms with E-state index >= 15 is 0 Å². The van der Waals surface area contributed by atoms with Gasteiger partial charge in [-0.25, -0.2) is 4.98 Å². The van der Waals surface area contributed by atoms with E-state index in [1.165, 1.54) is 0 Å². The van der Waals surface area contributed by atoms with Crippen LogP contribution in [0.25, 0.3) is 11.5 Å². The molecule has 0 saturated carbocycles. The predicted molar refractivity (Wildman–Crippen MR) is 69.1 cm³/mol. The molecule has 0 radical (unpaired) electrons. The zero-order valence-electron chi connectivity index (χ0n) is 9.96. The normalized spacial score (nSPS) is 10.8. The van der Waals surface area contributed by atoms with Gasteiger partial charge in [-0.15, -0.1) is 0 Å². The maximum absolute atomic E-state index is 6.07. The first kappa shape index (κ1) is 12.1. The van der Waals surface area contributed by atoms with Crippen LogP contribution in [0, 0.1) is 6.92 Å². The molecule has 1 aromatic carbocycles. The third-order valence-electron chi connectivity index (χ3n) is 2.53. The van der Waals surface area contributed by atoms with Crippen LogP contribution < -0.4 is 5.32 Å². The van der Waals surface area contributed by atoms with Crippen molar-refractivity contribution in [3.05, 3.63) is 40.7 Å². The van der Waals surface area contributed by atoms with E-state index in [1.54, 1.807) is 6.26 Å². The molecule has 3 nitrogen and oxygen atoms in total. The first-order chi connectivity index (χ1) is 8.20. The molecular formula is C13H15ClN2O. The van der Waals surface area contributed by atoms with Gasteiger partial charge >= 0.3 is 0 Å². The summed E-state index contributed by atoms with van der Waals surface area (Å²) in [5.74, 6) is 0.611. The monoisotopic (exact) mass is 250 g/mol. The van der Waals surface area contributed by atoms with Gasteiger partial charge in [-0.05, 0) is 31.2 Å². The highest BCUT2D eigenvalue weighted by atomic mass is 35.5. The number of hydrogen-bond acceptors (Lipinski definition) is 3. The Balaban J connectivity index is 2.21. The average Bonchev–Trinajstić information content (AvgIpc) is 2.79. The highest BCUT2D eigenvalue weighted by Gasteiger charge is 2.07. The average molecular weight is 251 g/mol. The summed E-state index contributed by atoms with van der Waals surface area (Å²) in [5, 5.41) is 3.93. The van der Waals surface area contributed by atoms with Gasteiger partial charge in [0.1, 0.15) is 6.26 Å². The molecule has 4 heteroatoms. The second kappa shape index (κ2) is 5.34. The Bertz CT molecular complexity index is 508. The third-order valence-corrected chi connectivity index (χ3v) is 2.93. The van der Waals surface area contributed by atoms with Crippen LogP contribution in [0.15, 0.2) is 28.9 Å². The number of nitrogens with zero attached hydrogens (tertiary/aromatic N) is 1. The Kier molecular flexibility index (Phi) is 3.82. The molecule has 0 spiro atoms. The number of aryl methyl sites for hydroxylation is 1. The molecule has 0 bridgehead atoms. The van der Waals surface area contributed by atoms with Crippen molar-refractivity contribution in [1.82, 2.24) is 10.3 Å². The number of oxazole rings is 1. The Hall–Kier alpha value is -1.32. The Morgan fingerprint density at radius 3 is 2.94 bits per heavy atom. The summed E-state index contributed by atoms with van der Waals surface area (Å²) in [7, 11) is 0.